The van der Waals surface area contributed by atoms with Crippen LogP contribution < -0.4 is 5.32 Å². The van der Waals surface area contributed by atoms with E-state index < -0.39 is 0 Å². The third-order valence-corrected chi connectivity index (χ3v) is 3.50. The van der Waals surface area contributed by atoms with Crippen molar-refractivity contribution in [2.24, 2.45) is 0 Å². The van der Waals surface area contributed by atoms with Crippen molar-refractivity contribution >= 4 is 5.91 Å². The van der Waals surface area contributed by atoms with Crippen molar-refractivity contribution in [1.29, 1.82) is 5.26 Å². The molecular formula is C19H14N4O. The number of carbonyl (C=O) groups excluding carboxylic acids is 1. The molecule has 0 aliphatic carbocycles. The third-order valence-electron chi connectivity index (χ3n) is 3.50. The number of nitrogens with one attached hydrogen (secondary N) is 1. The summed E-state index contributed by atoms with van der Waals surface area (Å²) in [5.41, 5.74) is 3.73. The van der Waals surface area contributed by atoms with Crippen molar-refractivity contribution in [1.82, 2.24) is 15.3 Å². The van der Waals surface area contributed by atoms with E-state index in [1.165, 1.54) is 0 Å². The van der Waals surface area contributed by atoms with Gasteiger partial charge >= 0.3 is 0 Å². The first-order chi connectivity index (χ1) is 11.8. The van der Waals surface area contributed by atoms with Gasteiger partial charge in [0.2, 0.25) is 0 Å². The number of nitrogens with zero attached hydrogens (tertiary/aromatic N) is 3. The van der Waals surface area contributed by atoms with Crippen molar-refractivity contribution in [2.75, 3.05) is 0 Å². The largest absolute Gasteiger partial charge is 0.348 e. The van der Waals surface area contributed by atoms with Crippen LogP contribution in [0.1, 0.15) is 21.5 Å². The lowest BCUT2D eigenvalue weighted by molar-refractivity contribution is 0.0951. The molecule has 5 nitrogen and oxygen atoms in total. The summed E-state index contributed by atoms with van der Waals surface area (Å²) >= 11 is 0. The minimum Gasteiger partial charge on any atom is -0.348 e. The van der Waals surface area contributed by atoms with Crippen LogP contribution in [0.5, 0.6) is 0 Å². The number of amides is 1. The highest BCUT2D eigenvalue weighted by Gasteiger charge is 2.07. The summed E-state index contributed by atoms with van der Waals surface area (Å²) in [6.07, 6.45) is 6.97. The minimum atomic E-state index is -0.223. The molecule has 3 aromatic rings. The average molecular weight is 314 g/mol. The van der Waals surface area contributed by atoms with Gasteiger partial charge in [-0.15, -0.1) is 0 Å². The van der Waals surface area contributed by atoms with E-state index in [1.807, 2.05) is 24.3 Å². The molecule has 2 aromatic heterocycles. The molecule has 116 valence electrons. The normalized spacial score (nSPS) is 9.96. The van der Waals surface area contributed by atoms with Gasteiger partial charge in [0.15, 0.2) is 0 Å². The second kappa shape index (κ2) is 7.16. The summed E-state index contributed by atoms with van der Waals surface area (Å²) in [7, 11) is 0. The van der Waals surface area contributed by atoms with E-state index in [0.29, 0.717) is 17.7 Å². The first-order valence-electron chi connectivity index (χ1n) is 7.39. The van der Waals surface area contributed by atoms with Gasteiger partial charge in [0.25, 0.3) is 5.91 Å². The van der Waals surface area contributed by atoms with Crippen molar-refractivity contribution < 1.29 is 4.79 Å². The Labute approximate surface area is 139 Å². The van der Waals surface area contributed by atoms with Crippen LogP contribution >= 0.6 is 0 Å². The van der Waals surface area contributed by atoms with Gasteiger partial charge < -0.3 is 5.32 Å². The number of benzene rings is 1. The number of pyridine rings is 2. The van der Waals surface area contributed by atoms with Crippen LogP contribution in [0.2, 0.25) is 0 Å². The van der Waals surface area contributed by atoms with Crippen LogP contribution in [0.3, 0.4) is 0 Å². The highest BCUT2D eigenvalue weighted by atomic mass is 16.1. The number of hydrogen-bond donors (Lipinski definition) is 1. The molecule has 2 heterocycles. The predicted octanol–water partition coefficient (Wildman–Crippen LogP) is 2.95. The monoisotopic (exact) mass is 314 g/mol. The smallest absolute Gasteiger partial charge is 0.251 e. The lowest BCUT2D eigenvalue weighted by Crippen LogP contribution is -2.22. The lowest BCUT2D eigenvalue weighted by atomic mass is 10.1. The molecule has 1 aromatic carbocycles. The van der Waals surface area contributed by atoms with E-state index >= 15 is 0 Å². The molecule has 0 spiro atoms. The zero-order valence-corrected chi connectivity index (χ0v) is 12.8. The molecule has 24 heavy (non-hydrogen) atoms. The number of hydrogen-bond acceptors (Lipinski definition) is 4. The van der Waals surface area contributed by atoms with Gasteiger partial charge in [0.1, 0.15) is 0 Å². The van der Waals surface area contributed by atoms with E-state index in [-0.39, 0.29) is 5.91 Å². The van der Waals surface area contributed by atoms with Gasteiger partial charge in [-0.3, -0.25) is 14.8 Å². The Bertz CT molecular complexity index is 900. The molecule has 0 bridgehead atoms. The zero-order valence-electron chi connectivity index (χ0n) is 12.8. The summed E-state index contributed by atoms with van der Waals surface area (Å²) in [5, 5.41) is 11.7. The zero-order chi connectivity index (χ0) is 16.8. The quantitative estimate of drug-likeness (QED) is 0.803. The molecule has 0 fully saturated rings. The van der Waals surface area contributed by atoms with Gasteiger partial charge in [0.05, 0.1) is 11.6 Å². The summed E-state index contributed by atoms with van der Waals surface area (Å²) in [4.78, 5) is 20.5. The van der Waals surface area contributed by atoms with Crippen LogP contribution in [0.25, 0.3) is 11.1 Å². The molecule has 0 saturated heterocycles. The molecule has 0 aliphatic heterocycles. The molecule has 5 heteroatoms. The fourth-order valence-electron chi connectivity index (χ4n) is 2.29. The van der Waals surface area contributed by atoms with Crippen molar-refractivity contribution in [2.45, 2.75) is 6.54 Å². The van der Waals surface area contributed by atoms with Crippen LogP contribution in [0.15, 0.2) is 67.3 Å². The lowest BCUT2D eigenvalue weighted by Gasteiger charge is -2.07. The SMILES string of the molecule is N#Cc1cccc(C(=O)NCc2cncc(-c3cccnc3)c2)c1. The molecule has 0 aliphatic rings. The van der Waals surface area contributed by atoms with Crippen molar-refractivity contribution in [3.63, 3.8) is 0 Å². The Hall–Kier alpha value is -3.52. The Balaban J connectivity index is 1.71. The number of rotatable bonds is 4. The van der Waals surface area contributed by atoms with Crippen molar-refractivity contribution in [3.05, 3.63) is 83.9 Å². The Morgan fingerprint density at radius 2 is 1.92 bits per heavy atom. The fraction of sp³-hybridized carbons (Fsp3) is 0.0526. The first-order valence-corrected chi connectivity index (χ1v) is 7.39. The minimum absolute atomic E-state index is 0.223. The summed E-state index contributed by atoms with van der Waals surface area (Å²) in [5.74, 6) is -0.223. The van der Waals surface area contributed by atoms with E-state index in [9.17, 15) is 4.79 Å². The molecule has 1 N–H and O–H groups in total. The third kappa shape index (κ3) is 3.62. The standard InChI is InChI=1S/C19H14N4O/c20-9-14-3-1-4-16(7-14)19(24)23-11-15-8-18(13-22-10-15)17-5-2-6-21-12-17/h1-8,10,12-13H,11H2,(H,23,24). The second-order valence-electron chi connectivity index (χ2n) is 5.20. The number of nitriles is 1. The highest BCUT2D eigenvalue weighted by Crippen LogP contribution is 2.17. The maximum atomic E-state index is 12.2. The molecule has 0 unspecified atom stereocenters. The van der Waals surface area contributed by atoms with Crippen LogP contribution in [0.4, 0.5) is 0 Å². The maximum absolute atomic E-state index is 12.2. The van der Waals surface area contributed by atoms with Gasteiger partial charge in [-0.1, -0.05) is 12.1 Å². The highest BCUT2D eigenvalue weighted by molar-refractivity contribution is 5.94. The average Bonchev–Trinajstić information content (AvgIpc) is 2.67. The van der Waals surface area contributed by atoms with Gasteiger partial charge in [-0.2, -0.15) is 5.26 Å². The van der Waals surface area contributed by atoms with Crippen LogP contribution in [-0.4, -0.2) is 15.9 Å². The molecule has 0 atom stereocenters. The summed E-state index contributed by atoms with van der Waals surface area (Å²) in [6.45, 7) is 0.358. The van der Waals surface area contributed by atoms with E-state index in [0.717, 1.165) is 16.7 Å². The van der Waals surface area contributed by atoms with Gasteiger partial charge in [-0.05, 0) is 35.9 Å². The van der Waals surface area contributed by atoms with E-state index in [4.69, 9.17) is 5.26 Å². The van der Waals surface area contributed by atoms with Crippen molar-refractivity contribution in [3.8, 4) is 17.2 Å². The summed E-state index contributed by atoms with van der Waals surface area (Å²) in [6, 6.07) is 14.4. The second-order valence-corrected chi connectivity index (χ2v) is 5.20. The fourth-order valence-corrected chi connectivity index (χ4v) is 2.29. The summed E-state index contributed by atoms with van der Waals surface area (Å²) < 4.78 is 0. The number of aromatic nitrogens is 2. The maximum Gasteiger partial charge on any atom is 0.251 e. The predicted molar refractivity (Wildman–Crippen MR) is 89.8 cm³/mol. The van der Waals surface area contributed by atoms with E-state index in [2.05, 4.69) is 15.3 Å². The molecular weight excluding hydrogens is 300 g/mol. The van der Waals surface area contributed by atoms with Crippen LogP contribution in [0, 0.1) is 11.3 Å². The Morgan fingerprint density at radius 3 is 2.71 bits per heavy atom. The van der Waals surface area contributed by atoms with Gasteiger partial charge in [0, 0.05) is 48.0 Å². The number of carbonyl (C=O) groups is 1. The van der Waals surface area contributed by atoms with Crippen LogP contribution in [-0.2, 0) is 6.54 Å². The molecule has 3 rings (SSSR count). The topological polar surface area (TPSA) is 78.7 Å². The first kappa shape index (κ1) is 15.4. The molecule has 0 saturated carbocycles. The Morgan fingerprint density at radius 1 is 1.04 bits per heavy atom. The molecule has 1 amide bonds. The Kier molecular flexibility index (Phi) is 4.59. The van der Waals surface area contributed by atoms with Gasteiger partial charge in [-0.25, -0.2) is 0 Å². The van der Waals surface area contributed by atoms with E-state index in [1.54, 1.807) is 49.1 Å². The molecule has 0 radical (unpaired) electrons.